The van der Waals surface area contributed by atoms with Crippen LogP contribution in [0.1, 0.15) is 5.56 Å². The van der Waals surface area contributed by atoms with E-state index in [1.165, 1.54) is 27.4 Å². The Kier molecular flexibility index (Phi) is 7.24. The minimum atomic E-state index is -0.317. The number of rotatable bonds is 8. The van der Waals surface area contributed by atoms with Crippen LogP contribution in [0, 0.1) is 0 Å². The largest absolute Gasteiger partial charge is 0.493 e. The molecule has 0 fully saturated rings. The molecule has 1 amide bonds. The van der Waals surface area contributed by atoms with E-state index < -0.39 is 0 Å². The highest BCUT2D eigenvalue weighted by molar-refractivity contribution is 6.03. The first-order valence-corrected chi connectivity index (χ1v) is 8.81. The fourth-order valence-electron chi connectivity index (χ4n) is 2.55. The Labute approximate surface area is 170 Å². The zero-order chi connectivity index (χ0) is 21.6. The Hall–Kier alpha value is -3.49. The van der Waals surface area contributed by atoms with Gasteiger partial charge >= 0.3 is 0 Å². The van der Waals surface area contributed by atoms with Crippen molar-refractivity contribution < 1.29 is 19.0 Å². The second-order valence-electron chi connectivity index (χ2n) is 6.48. The first-order chi connectivity index (χ1) is 13.8. The monoisotopic (exact) mass is 401 g/mol. The molecule has 1 N–H and O–H groups in total. The molecule has 156 valence electrons. The predicted molar refractivity (Wildman–Crippen MR) is 114 cm³/mol. The number of carbonyl (C=O) groups excluding carboxylic acids is 1. The van der Waals surface area contributed by atoms with Crippen LogP contribution in [0.25, 0.3) is 6.08 Å². The number of anilines is 3. The van der Waals surface area contributed by atoms with Crippen molar-refractivity contribution in [2.45, 2.75) is 0 Å². The molecule has 0 saturated carbocycles. The van der Waals surface area contributed by atoms with E-state index in [9.17, 15) is 4.79 Å². The maximum atomic E-state index is 12.4. The second-order valence-corrected chi connectivity index (χ2v) is 6.48. The first-order valence-electron chi connectivity index (χ1n) is 8.81. The third kappa shape index (κ3) is 5.28. The van der Waals surface area contributed by atoms with Crippen molar-refractivity contribution in [3.63, 3.8) is 0 Å². The molecule has 0 unspecified atom stereocenters. The normalized spacial score (nSPS) is 10.6. The summed E-state index contributed by atoms with van der Waals surface area (Å²) in [6, 6.07) is 3.51. The topological polar surface area (TPSA) is 89.0 Å². The molecule has 9 nitrogen and oxygen atoms in total. The molecule has 1 aromatic carbocycles. The Bertz CT molecular complexity index is 871. The fourth-order valence-corrected chi connectivity index (χ4v) is 2.55. The summed E-state index contributed by atoms with van der Waals surface area (Å²) in [6.07, 6.45) is 4.66. The van der Waals surface area contributed by atoms with Gasteiger partial charge in [0.1, 0.15) is 5.69 Å². The number of amides is 1. The maximum Gasteiger partial charge on any atom is 0.248 e. The van der Waals surface area contributed by atoms with Gasteiger partial charge in [0.25, 0.3) is 0 Å². The number of nitrogens with zero attached hydrogens (tertiary/aromatic N) is 4. The minimum Gasteiger partial charge on any atom is -0.493 e. The number of hydrogen-bond donors (Lipinski definition) is 1. The molecule has 1 heterocycles. The molecule has 0 bridgehead atoms. The lowest BCUT2D eigenvalue weighted by Crippen LogP contribution is -2.20. The van der Waals surface area contributed by atoms with Crippen molar-refractivity contribution in [3.05, 3.63) is 30.0 Å². The highest BCUT2D eigenvalue weighted by Gasteiger charge is 2.14. The van der Waals surface area contributed by atoms with Crippen LogP contribution in [0.3, 0.4) is 0 Å². The van der Waals surface area contributed by atoms with Crippen LogP contribution in [0.5, 0.6) is 17.2 Å². The van der Waals surface area contributed by atoms with E-state index in [0.29, 0.717) is 34.7 Å². The van der Waals surface area contributed by atoms with Crippen molar-refractivity contribution in [2.24, 2.45) is 0 Å². The van der Waals surface area contributed by atoms with Gasteiger partial charge in [0.2, 0.25) is 17.6 Å². The van der Waals surface area contributed by atoms with Gasteiger partial charge in [-0.2, -0.15) is 4.98 Å². The summed E-state index contributed by atoms with van der Waals surface area (Å²) in [5, 5.41) is 2.81. The van der Waals surface area contributed by atoms with Gasteiger partial charge in [0.05, 0.1) is 27.5 Å². The van der Waals surface area contributed by atoms with E-state index in [1.54, 1.807) is 29.3 Å². The fraction of sp³-hybridized carbons (Fsp3) is 0.350. The molecule has 0 atom stereocenters. The number of benzene rings is 1. The van der Waals surface area contributed by atoms with Gasteiger partial charge in [-0.15, -0.1) is 0 Å². The van der Waals surface area contributed by atoms with Crippen LogP contribution in [0.4, 0.5) is 17.5 Å². The van der Waals surface area contributed by atoms with Crippen LogP contribution in [0.15, 0.2) is 24.4 Å². The van der Waals surface area contributed by atoms with Crippen LogP contribution in [-0.2, 0) is 4.79 Å². The van der Waals surface area contributed by atoms with Crippen LogP contribution < -0.4 is 29.3 Å². The second kappa shape index (κ2) is 9.63. The van der Waals surface area contributed by atoms with Gasteiger partial charge in [0, 0.05) is 34.3 Å². The Morgan fingerprint density at radius 2 is 1.62 bits per heavy atom. The molecule has 0 aliphatic heterocycles. The standard InChI is InChI=1S/C20H27N5O4/c1-24(2)19-14(12-21-20(23-19)25(3)4)22-17(26)9-8-13-10-15(27-5)18(29-7)16(11-13)28-6/h8-12H,1-7H3,(H,22,26)/b9-8+. The SMILES string of the molecule is COc1cc(/C=C/C(=O)Nc2cnc(N(C)C)nc2N(C)C)cc(OC)c1OC. The summed E-state index contributed by atoms with van der Waals surface area (Å²) in [6.45, 7) is 0. The van der Waals surface area contributed by atoms with E-state index in [2.05, 4.69) is 15.3 Å². The molecule has 0 spiro atoms. The molecule has 9 heteroatoms. The third-order valence-corrected chi connectivity index (χ3v) is 3.95. The number of carbonyl (C=O) groups is 1. The van der Waals surface area contributed by atoms with E-state index in [4.69, 9.17) is 14.2 Å². The van der Waals surface area contributed by atoms with E-state index in [-0.39, 0.29) is 5.91 Å². The molecule has 1 aromatic heterocycles. The smallest absolute Gasteiger partial charge is 0.248 e. The van der Waals surface area contributed by atoms with Gasteiger partial charge in [0.15, 0.2) is 17.3 Å². The number of ether oxygens (including phenoxy) is 3. The van der Waals surface area contributed by atoms with Crippen molar-refractivity contribution >= 4 is 29.4 Å². The summed E-state index contributed by atoms with van der Waals surface area (Å²) in [7, 11) is 12.0. The highest BCUT2D eigenvalue weighted by atomic mass is 16.5. The molecule has 0 aliphatic rings. The molecule has 0 aliphatic carbocycles. The van der Waals surface area contributed by atoms with Gasteiger partial charge in [-0.3, -0.25) is 4.79 Å². The third-order valence-electron chi connectivity index (χ3n) is 3.95. The number of methoxy groups -OCH3 is 3. The van der Waals surface area contributed by atoms with Crippen molar-refractivity contribution in [1.29, 1.82) is 0 Å². The summed E-state index contributed by atoms with van der Waals surface area (Å²) in [5.74, 6) is 2.36. The quantitative estimate of drug-likeness (QED) is 0.674. The van der Waals surface area contributed by atoms with Crippen LogP contribution in [-0.4, -0.2) is 65.4 Å². The Morgan fingerprint density at radius 1 is 1.00 bits per heavy atom. The van der Waals surface area contributed by atoms with Crippen LogP contribution >= 0.6 is 0 Å². The summed E-state index contributed by atoms with van der Waals surface area (Å²) < 4.78 is 16.0. The lowest BCUT2D eigenvalue weighted by Gasteiger charge is -2.19. The van der Waals surface area contributed by atoms with Gasteiger partial charge in [-0.1, -0.05) is 0 Å². The van der Waals surface area contributed by atoms with E-state index in [1.807, 2.05) is 33.1 Å². The van der Waals surface area contributed by atoms with E-state index >= 15 is 0 Å². The predicted octanol–water partition coefficient (Wildman–Crippen LogP) is 2.29. The highest BCUT2D eigenvalue weighted by Crippen LogP contribution is 2.38. The molecular weight excluding hydrogens is 374 g/mol. The average Bonchev–Trinajstić information content (AvgIpc) is 2.71. The number of nitrogens with one attached hydrogen (secondary N) is 1. The average molecular weight is 401 g/mol. The van der Waals surface area contributed by atoms with Gasteiger partial charge in [-0.25, -0.2) is 4.98 Å². The molecule has 2 rings (SSSR count). The molecule has 2 aromatic rings. The summed E-state index contributed by atoms with van der Waals surface area (Å²) in [4.78, 5) is 24.8. The minimum absolute atomic E-state index is 0.317. The van der Waals surface area contributed by atoms with Gasteiger partial charge in [-0.05, 0) is 23.8 Å². The number of aromatic nitrogens is 2. The summed E-state index contributed by atoms with van der Waals surface area (Å²) >= 11 is 0. The number of hydrogen-bond acceptors (Lipinski definition) is 8. The molecule has 0 saturated heterocycles. The zero-order valence-electron chi connectivity index (χ0n) is 17.8. The summed E-state index contributed by atoms with van der Waals surface area (Å²) in [5.41, 5.74) is 1.24. The van der Waals surface area contributed by atoms with Crippen molar-refractivity contribution in [2.75, 3.05) is 64.6 Å². The van der Waals surface area contributed by atoms with Crippen LogP contribution in [0.2, 0.25) is 0 Å². The van der Waals surface area contributed by atoms with Crippen molar-refractivity contribution in [1.82, 2.24) is 9.97 Å². The zero-order valence-corrected chi connectivity index (χ0v) is 17.8. The molecule has 0 radical (unpaired) electrons. The molecular formula is C20H27N5O4. The lowest BCUT2D eigenvalue weighted by atomic mass is 10.1. The van der Waals surface area contributed by atoms with Gasteiger partial charge < -0.3 is 29.3 Å². The maximum absolute atomic E-state index is 12.4. The lowest BCUT2D eigenvalue weighted by molar-refractivity contribution is -0.111. The first kappa shape index (κ1) is 21.8. The van der Waals surface area contributed by atoms with Crippen molar-refractivity contribution in [3.8, 4) is 17.2 Å². The Balaban J connectivity index is 2.24. The molecule has 29 heavy (non-hydrogen) atoms. The Morgan fingerprint density at radius 3 is 2.10 bits per heavy atom. The van der Waals surface area contributed by atoms with E-state index in [0.717, 1.165) is 5.56 Å².